The lowest BCUT2D eigenvalue weighted by molar-refractivity contribution is 0.0737. The Morgan fingerprint density at radius 3 is 3.05 bits per heavy atom. The first-order valence-electron chi connectivity index (χ1n) is 7.35. The van der Waals surface area contributed by atoms with Crippen LogP contribution < -0.4 is 0 Å². The van der Waals surface area contributed by atoms with E-state index in [2.05, 4.69) is 15.0 Å². The van der Waals surface area contributed by atoms with Crippen molar-refractivity contribution in [2.75, 3.05) is 26.3 Å². The fourth-order valence-electron chi connectivity index (χ4n) is 2.59. The van der Waals surface area contributed by atoms with E-state index in [1.807, 2.05) is 11.0 Å². The zero-order valence-electron chi connectivity index (χ0n) is 12.3. The molecule has 0 saturated carbocycles. The van der Waals surface area contributed by atoms with Crippen molar-refractivity contribution in [1.29, 1.82) is 0 Å². The average Bonchev–Trinajstić information content (AvgIpc) is 2.81. The standard InChI is InChI=1S/C16H18N4O2/c21-16(14-2-1-4-17-9-14)20-6-7-22-11-13(10-20)8-15-3-5-18-12-19-15/h1-5,9,12-13H,6-8,10-11H2. The molecule has 2 aromatic rings. The zero-order chi connectivity index (χ0) is 15.2. The number of carbonyl (C=O) groups is 1. The summed E-state index contributed by atoms with van der Waals surface area (Å²) in [5.74, 6) is 0.240. The molecule has 0 bridgehead atoms. The van der Waals surface area contributed by atoms with Crippen LogP contribution in [0.4, 0.5) is 0 Å². The van der Waals surface area contributed by atoms with Crippen LogP contribution in [0.3, 0.4) is 0 Å². The van der Waals surface area contributed by atoms with E-state index in [9.17, 15) is 4.79 Å². The minimum Gasteiger partial charge on any atom is -0.379 e. The zero-order valence-corrected chi connectivity index (χ0v) is 12.3. The maximum absolute atomic E-state index is 12.6. The van der Waals surface area contributed by atoms with Gasteiger partial charge in [0.1, 0.15) is 6.33 Å². The van der Waals surface area contributed by atoms with Crippen molar-refractivity contribution in [3.63, 3.8) is 0 Å². The van der Waals surface area contributed by atoms with Crippen molar-refractivity contribution < 1.29 is 9.53 Å². The highest BCUT2D eigenvalue weighted by Gasteiger charge is 2.24. The van der Waals surface area contributed by atoms with Crippen LogP contribution in [0.25, 0.3) is 0 Å². The van der Waals surface area contributed by atoms with Crippen LogP contribution in [0, 0.1) is 5.92 Å². The topological polar surface area (TPSA) is 68.2 Å². The first-order chi connectivity index (χ1) is 10.8. The molecule has 0 N–H and O–H groups in total. The molecule has 114 valence electrons. The van der Waals surface area contributed by atoms with Crippen molar-refractivity contribution in [3.8, 4) is 0 Å². The molecule has 3 rings (SSSR count). The van der Waals surface area contributed by atoms with Crippen molar-refractivity contribution in [2.45, 2.75) is 6.42 Å². The Morgan fingerprint density at radius 1 is 1.32 bits per heavy atom. The molecule has 1 atom stereocenters. The first-order valence-corrected chi connectivity index (χ1v) is 7.35. The molecule has 0 aromatic carbocycles. The Bertz CT molecular complexity index is 606. The second-order valence-corrected chi connectivity index (χ2v) is 5.34. The lowest BCUT2D eigenvalue weighted by Gasteiger charge is -2.23. The Morgan fingerprint density at radius 2 is 2.27 bits per heavy atom. The summed E-state index contributed by atoms with van der Waals surface area (Å²) in [5, 5.41) is 0. The van der Waals surface area contributed by atoms with E-state index in [1.54, 1.807) is 37.1 Å². The number of hydrogen-bond acceptors (Lipinski definition) is 5. The van der Waals surface area contributed by atoms with E-state index in [4.69, 9.17) is 4.74 Å². The highest BCUT2D eigenvalue weighted by molar-refractivity contribution is 5.93. The van der Waals surface area contributed by atoms with E-state index in [1.165, 1.54) is 0 Å². The van der Waals surface area contributed by atoms with Gasteiger partial charge in [0, 0.05) is 43.3 Å². The predicted octanol–water partition coefficient (Wildman–Crippen LogP) is 1.20. The summed E-state index contributed by atoms with van der Waals surface area (Å²) < 4.78 is 5.64. The smallest absolute Gasteiger partial charge is 0.255 e. The predicted molar refractivity (Wildman–Crippen MR) is 80.2 cm³/mol. The second kappa shape index (κ2) is 7.09. The van der Waals surface area contributed by atoms with Gasteiger partial charge < -0.3 is 9.64 Å². The lowest BCUT2D eigenvalue weighted by atomic mass is 10.0. The average molecular weight is 298 g/mol. The molecule has 0 aliphatic carbocycles. The number of ether oxygens (including phenoxy) is 1. The van der Waals surface area contributed by atoms with Crippen LogP contribution in [-0.2, 0) is 11.2 Å². The Balaban J connectivity index is 1.69. The number of rotatable bonds is 3. The van der Waals surface area contributed by atoms with Gasteiger partial charge in [0.2, 0.25) is 0 Å². The quantitative estimate of drug-likeness (QED) is 0.852. The molecule has 1 aliphatic rings. The van der Waals surface area contributed by atoms with Crippen LogP contribution in [0.5, 0.6) is 0 Å². The summed E-state index contributed by atoms with van der Waals surface area (Å²) >= 11 is 0. The molecule has 1 aliphatic heterocycles. The molecular formula is C16H18N4O2. The molecule has 0 radical (unpaired) electrons. The minimum absolute atomic E-state index is 0.00582. The number of pyridine rings is 1. The third-order valence-corrected chi connectivity index (χ3v) is 3.67. The number of amides is 1. The van der Waals surface area contributed by atoms with E-state index in [0.29, 0.717) is 31.9 Å². The fourth-order valence-corrected chi connectivity index (χ4v) is 2.59. The van der Waals surface area contributed by atoms with E-state index in [-0.39, 0.29) is 11.8 Å². The number of aromatic nitrogens is 3. The van der Waals surface area contributed by atoms with Gasteiger partial charge in [0.25, 0.3) is 5.91 Å². The van der Waals surface area contributed by atoms with E-state index < -0.39 is 0 Å². The SMILES string of the molecule is O=C(c1cccnc1)N1CCOCC(Cc2ccncn2)C1. The number of carbonyl (C=O) groups excluding carboxylic acids is 1. The Kier molecular flexibility index (Phi) is 4.70. The molecule has 1 unspecified atom stereocenters. The highest BCUT2D eigenvalue weighted by atomic mass is 16.5. The van der Waals surface area contributed by atoms with Gasteiger partial charge in [-0.2, -0.15) is 0 Å². The third kappa shape index (κ3) is 3.65. The molecule has 22 heavy (non-hydrogen) atoms. The van der Waals surface area contributed by atoms with Gasteiger partial charge in [-0.15, -0.1) is 0 Å². The number of hydrogen-bond donors (Lipinski definition) is 0. The van der Waals surface area contributed by atoms with Crippen LogP contribution in [-0.4, -0.2) is 52.1 Å². The van der Waals surface area contributed by atoms with Gasteiger partial charge in [-0.05, 0) is 24.6 Å². The molecule has 6 nitrogen and oxygen atoms in total. The summed E-state index contributed by atoms with van der Waals surface area (Å²) in [6.45, 7) is 2.47. The maximum Gasteiger partial charge on any atom is 0.255 e. The molecule has 2 aromatic heterocycles. The van der Waals surface area contributed by atoms with Crippen molar-refractivity contribution in [3.05, 3.63) is 54.4 Å². The van der Waals surface area contributed by atoms with E-state index >= 15 is 0 Å². The van der Waals surface area contributed by atoms with Crippen LogP contribution >= 0.6 is 0 Å². The van der Waals surface area contributed by atoms with Gasteiger partial charge in [0.15, 0.2) is 0 Å². The monoisotopic (exact) mass is 298 g/mol. The highest BCUT2D eigenvalue weighted by Crippen LogP contribution is 2.14. The van der Waals surface area contributed by atoms with Gasteiger partial charge in [-0.1, -0.05) is 0 Å². The van der Waals surface area contributed by atoms with Crippen LogP contribution in [0.2, 0.25) is 0 Å². The molecule has 0 spiro atoms. The third-order valence-electron chi connectivity index (χ3n) is 3.67. The Hall–Kier alpha value is -2.34. The molecule has 1 amide bonds. The molecule has 3 heterocycles. The van der Waals surface area contributed by atoms with Crippen molar-refractivity contribution in [1.82, 2.24) is 19.9 Å². The number of nitrogens with zero attached hydrogens (tertiary/aromatic N) is 4. The lowest BCUT2D eigenvalue weighted by Crippen LogP contribution is -2.36. The minimum atomic E-state index is 0.00582. The second-order valence-electron chi connectivity index (χ2n) is 5.34. The molecular weight excluding hydrogens is 280 g/mol. The van der Waals surface area contributed by atoms with Crippen molar-refractivity contribution >= 4 is 5.91 Å². The van der Waals surface area contributed by atoms with Gasteiger partial charge in [0.05, 0.1) is 18.8 Å². The Labute approximate surface area is 129 Å². The summed E-state index contributed by atoms with van der Waals surface area (Å²) in [7, 11) is 0. The molecule has 1 fully saturated rings. The van der Waals surface area contributed by atoms with Gasteiger partial charge in [-0.3, -0.25) is 9.78 Å². The summed E-state index contributed by atoms with van der Waals surface area (Å²) in [6.07, 6.45) is 7.33. The normalized spacial score (nSPS) is 18.7. The van der Waals surface area contributed by atoms with Gasteiger partial charge >= 0.3 is 0 Å². The first kappa shape index (κ1) is 14.6. The molecule has 6 heteroatoms. The van der Waals surface area contributed by atoms with Crippen LogP contribution in [0.15, 0.2) is 43.1 Å². The summed E-state index contributed by atoms with van der Waals surface area (Å²) in [5.41, 5.74) is 1.59. The molecule has 1 saturated heterocycles. The summed E-state index contributed by atoms with van der Waals surface area (Å²) in [6, 6.07) is 5.47. The maximum atomic E-state index is 12.6. The van der Waals surface area contributed by atoms with Crippen LogP contribution in [0.1, 0.15) is 16.1 Å². The largest absolute Gasteiger partial charge is 0.379 e. The fraction of sp³-hybridized carbons (Fsp3) is 0.375. The van der Waals surface area contributed by atoms with E-state index in [0.717, 1.165) is 12.1 Å². The summed E-state index contributed by atoms with van der Waals surface area (Å²) in [4.78, 5) is 26.6. The van der Waals surface area contributed by atoms with Crippen molar-refractivity contribution in [2.24, 2.45) is 5.92 Å². The van der Waals surface area contributed by atoms with Gasteiger partial charge in [-0.25, -0.2) is 9.97 Å².